The lowest BCUT2D eigenvalue weighted by molar-refractivity contribution is -0.125. The van der Waals surface area contributed by atoms with E-state index in [1.165, 1.54) is 12.8 Å². The van der Waals surface area contributed by atoms with Crippen LogP contribution in [0.15, 0.2) is 0 Å². The van der Waals surface area contributed by atoms with Crippen molar-refractivity contribution in [3.8, 4) is 0 Å². The maximum absolute atomic E-state index is 11.9. The molecule has 1 rings (SSSR count). The van der Waals surface area contributed by atoms with Gasteiger partial charge in [0.15, 0.2) is 0 Å². The molecule has 2 heteroatoms. The van der Waals surface area contributed by atoms with Crippen molar-refractivity contribution >= 4 is 5.78 Å². The summed E-state index contributed by atoms with van der Waals surface area (Å²) in [7, 11) is 0. The molecule has 1 aliphatic carbocycles. The topological polar surface area (TPSA) is 43.1 Å². The van der Waals surface area contributed by atoms with Crippen LogP contribution < -0.4 is 5.73 Å². The first-order chi connectivity index (χ1) is 6.63. The molecule has 0 spiro atoms. The van der Waals surface area contributed by atoms with Crippen molar-refractivity contribution in [3.63, 3.8) is 0 Å². The molecule has 0 aromatic rings. The molecule has 0 radical (unpaired) electrons. The number of rotatable bonds is 4. The quantitative estimate of drug-likeness (QED) is 0.752. The molecule has 82 valence electrons. The summed E-state index contributed by atoms with van der Waals surface area (Å²) in [5, 5.41) is 0. The molecule has 0 aromatic heterocycles. The highest BCUT2D eigenvalue weighted by Crippen LogP contribution is 2.30. The zero-order valence-corrected chi connectivity index (χ0v) is 9.46. The van der Waals surface area contributed by atoms with Crippen molar-refractivity contribution in [2.45, 2.75) is 46.0 Å². The van der Waals surface area contributed by atoms with E-state index in [1.54, 1.807) is 0 Å². The fourth-order valence-electron chi connectivity index (χ4n) is 2.32. The van der Waals surface area contributed by atoms with Crippen molar-refractivity contribution in [1.29, 1.82) is 0 Å². The Hall–Kier alpha value is -0.370. The summed E-state index contributed by atoms with van der Waals surface area (Å²) in [5.74, 6) is 1.90. The maximum Gasteiger partial charge on any atom is 0.136 e. The van der Waals surface area contributed by atoms with E-state index in [0.717, 1.165) is 18.8 Å². The molecule has 0 saturated heterocycles. The summed E-state index contributed by atoms with van der Waals surface area (Å²) in [6.07, 6.45) is 5.44. The number of hydrogen-bond donors (Lipinski definition) is 1. The molecule has 3 unspecified atom stereocenters. The van der Waals surface area contributed by atoms with Gasteiger partial charge in [-0.05, 0) is 31.2 Å². The van der Waals surface area contributed by atoms with Gasteiger partial charge in [0, 0.05) is 12.3 Å². The molecule has 2 nitrogen and oxygen atoms in total. The number of hydrogen-bond acceptors (Lipinski definition) is 2. The second kappa shape index (κ2) is 5.50. The summed E-state index contributed by atoms with van der Waals surface area (Å²) in [6.45, 7) is 4.95. The minimum atomic E-state index is 0.341. The SMILES string of the molecule is CC(CN)CC(=O)C1CCCC(C)C1. The van der Waals surface area contributed by atoms with Crippen LogP contribution in [-0.4, -0.2) is 12.3 Å². The molecule has 0 heterocycles. The fourth-order valence-corrected chi connectivity index (χ4v) is 2.32. The van der Waals surface area contributed by atoms with E-state index in [9.17, 15) is 4.79 Å². The van der Waals surface area contributed by atoms with Crippen molar-refractivity contribution in [2.75, 3.05) is 6.54 Å². The van der Waals surface area contributed by atoms with Crippen LogP contribution in [0.3, 0.4) is 0 Å². The van der Waals surface area contributed by atoms with E-state index >= 15 is 0 Å². The van der Waals surface area contributed by atoms with Crippen molar-refractivity contribution in [3.05, 3.63) is 0 Å². The Kier molecular flexibility index (Phi) is 4.59. The predicted molar refractivity (Wildman–Crippen MR) is 59.0 cm³/mol. The van der Waals surface area contributed by atoms with Gasteiger partial charge in [-0.3, -0.25) is 4.79 Å². The van der Waals surface area contributed by atoms with Gasteiger partial charge in [-0.25, -0.2) is 0 Å². The van der Waals surface area contributed by atoms with E-state index in [1.807, 2.05) is 0 Å². The average molecular weight is 197 g/mol. The molecule has 1 saturated carbocycles. The first-order valence-corrected chi connectivity index (χ1v) is 5.86. The van der Waals surface area contributed by atoms with Crippen LogP contribution in [0.5, 0.6) is 0 Å². The number of ketones is 1. The fraction of sp³-hybridized carbons (Fsp3) is 0.917. The van der Waals surface area contributed by atoms with Gasteiger partial charge < -0.3 is 5.73 Å². The third-order valence-corrected chi connectivity index (χ3v) is 3.34. The van der Waals surface area contributed by atoms with E-state index in [0.29, 0.717) is 30.6 Å². The van der Waals surface area contributed by atoms with Crippen LogP contribution in [-0.2, 0) is 4.79 Å². The number of carbonyl (C=O) groups is 1. The number of carbonyl (C=O) groups excluding carboxylic acids is 1. The van der Waals surface area contributed by atoms with Gasteiger partial charge in [0.05, 0.1) is 0 Å². The van der Waals surface area contributed by atoms with Crippen LogP contribution in [0, 0.1) is 17.8 Å². The van der Waals surface area contributed by atoms with Crippen molar-refractivity contribution in [2.24, 2.45) is 23.5 Å². The summed E-state index contributed by atoms with van der Waals surface area (Å²) < 4.78 is 0. The Morgan fingerprint density at radius 1 is 1.50 bits per heavy atom. The van der Waals surface area contributed by atoms with Crippen molar-refractivity contribution < 1.29 is 4.79 Å². The second-order valence-electron chi connectivity index (χ2n) is 4.98. The monoisotopic (exact) mass is 197 g/mol. The number of Topliss-reactive ketones (excluding diaryl/α,β-unsaturated/α-hetero) is 1. The minimum Gasteiger partial charge on any atom is -0.330 e. The van der Waals surface area contributed by atoms with E-state index in [4.69, 9.17) is 5.73 Å². The first kappa shape index (κ1) is 11.7. The number of nitrogens with two attached hydrogens (primary N) is 1. The van der Waals surface area contributed by atoms with Crippen LogP contribution in [0.2, 0.25) is 0 Å². The molecule has 0 bridgehead atoms. The Morgan fingerprint density at radius 2 is 2.21 bits per heavy atom. The van der Waals surface area contributed by atoms with E-state index in [-0.39, 0.29) is 0 Å². The van der Waals surface area contributed by atoms with Crippen LogP contribution in [0.4, 0.5) is 0 Å². The molecule has 0 amide bonds. The third-order valence-electron chi connectivity index (χ3n) is 3.34. The Bertz CT molecular complexity index is 191. The van der Waals surface area contributed by atoms with Gasteiger partial charge >= 0.3 is 0 Å². The molecule has 3 atom stereocenters. The van der Waals surface area contributed by atoms with Crippen LogP contribution in [0.25, 0.3) is 0 Å². The largest absolute Gasteiger partial charge is 0.330 e. The molecule has 14 heavy (non-hydrogen) atoms. The van der Waals surface area contributed by atoms with Gasteiger partial charge in [-0.1, -0.05) is 26.7 Å². The standard InChI is InChI=1S/C12H23NO/c1-9-4-3-5-11(6-9)12(14)7-10(2)8-13/h9-11H,3-8,13H2,1-2H3. The highest BCUT2D eigenvalue weighted by atomic mass is 16.1. The predicted octanol–water partition coefficient (Wildman–Crippen LogP) is 2.37. The van der Waals surface area contributed by atoms with Gasteiger partial charge in [-0.2, -0.15) is 0 Å². The zero-order valence-electron chi connectivity index (χ0n) is 9.46. The van der Waals surface area contributed by atoms with Crippen LogP contribution >= 0.6 is 0 Å². The van der Waals surface area contributed by atoms with Gasteiger partial charge in [0.2, 0.25) is 0 Å². The molecule has 0 aromatic carbocycles. The first-order valence-electron chi connectivity index (χ1n) is 5.86. The summed E-state index contributed by atoms with van der Waals surface area (Å²) in [4.78, 5) is 11.9. The highest BCUT2D eigenvalue weighted by molar-refractivity contribution is 5.81. The normalized spacial score (nSPS) is 29.9. The molecule has 0 aliphatic heterocycles. The van der Waals surface area contributed by atoms with Gasteiger partial charge in [-0.15, -0.1) is 0 Å². The smallest absolute Gasteiger partial charge is 0.136 e. The van der Waals surface area contributed by atoms with Crippen molar-refractivity contribution in [1.82, 2.24) is 0 Å². The molecular weight excluding hydrogens is 174 g/mol. The average Bonchev–Trinajstić information content (AvgIpc) is 2.17. The molecular formula is C12H23NO. The maximum atomic E-state index is 11.9. The molecule has 1 fully saturated rings. The Labute approximate surface area is 87.2 Å². The second-order valence-corrected chi connectivity index (χ2v) is 4.98. The minimum absolute atomic E-state index is 0.341. The highest BCUT2D eigenvalue weighted by Gasteiger charge is 2.25. The lowest BCUT2D eigenvalue weighted by atomic mass is 9.78. The van der Waals surface area contributed by atoms with E-state index in [2.05, 4.69) is 13.8 Å². The third kappa shape index (κ3) is 3.41. The van der Waals surface area contributed by atoms with Gasteiger partial charge in [0.1, 0.15) is 5.78 Å². The zero-order chi connectivity index (χ0) is 10.6. The van der Waals surface area contributed by atoms with Crippen LogP contribution in [0.1, 0.15) is 46.0 Å². The van der Waals surface area contributed by atoms with E-state index < -0.39 is 0 Å². The molecule has 2 N–H and O–H groups in total. The molecule has 1 aliphatic rings. The summed E-state index contributed by atoms with van der Waals surface area (Å²) in [6, 6.07) is 0. The Balaban J connectivity index is 2.36. The van der Waals surface area contributed by atoms with Gasteiger partial charge in [0.25, 0.3) is 0 Å². The lowest BCUT2D eigenvalue weighted by Crippen LogP contribution is -2.25. The lowest BCUT2D eigenvalue weighted by Gasteiger charge is -2.26. The summed E-state index contributed by atoms with van der Waals surface area (Å²) >= 11 is 0. The summed E-state index contributed by atoms with van der Waals surface area (Å²) in [5.41, 5.74) is 5.52. The Morgan fingerprint density at radius 3 is 2.79 bits per heavy atom.